The molecule has 0 saturated heterocycles. The molecule has 0 radical (unpaired) electrons. The van der Waals surface area contributed by atoms with Crippen LogP contribution in [0.2, 0.25) is 5.02 Å². The van der Waals surface area contributed by atoms with Gasteiger partial charge in [-0.15, -0.1) is 0 Å². The molecule has 0 spiro atoms. The van der Waals surface area contributed by atoms with Gasteiger partial charge in [0.2, 0.25) is 0 Å². The third-order valence-electron chi connectivity index (χ3n) is 7.55. The molecular weight excluding hydrogens is 691 g/mol. The van der Waals surface area contributed by atoms with Gasteiger partial charge in [0, 0.05) is 5.56 Å². The fourth-order valence-corrected chi connectivity index (χ4v) is 6.59. The van der Waals surface area contributed by atoms with E-state index in [1.165, 1.54) is 24.9 Å². The Balaban J connectivity index is 1.59. The fourth-order valence-electron chi connectivity index (χ4n) is 5.26. The lowest BCUT2D eigenvalue weighted by atomic mass is 9.95. The fraction of sp³-hybridized carbons (Fsp3) is 0.278. The lowest BCUT2D eigenvalue weighted by Crippen LogP contribution is -2.40. The molecule has 262 valence electrons. The highest BCUT2D eigenvalue weighted by molar-refractivity contribution is 7.07. The van der Waals surface area contributed by atoms with E-state index in [9.17, 15) is 18.8 Å². The zero-order valence-corrected chi connectivity index (χ0v) is 29.5. The maximum absolute atomic E-state index is 14.2. The van der Waals surface area contributed by atoms with E-state index < -0.39 is 29.4 Å². The number of halogens is 2. The number of fused-ring (bicyclic) bond motifs is 1. The van der Waals surface area contributed by atoms with Crippen LogP contribution in [0.25, 0.3) is 6.08 Å². The third kappa shape index (κ3) is 7.68. The maximum atomic E-state index is 14.2. The number of allylic oxidation sites excluding steroid dienone is 1. The molecule has 1 aliphatic heterocycles. The monoisotopic (exact) mass is 724 g/mol. The number of hydrogen-bond acceptors (Lipinski definition) is 11. The number of thiazole rings is 1. The highest BCUT2D eigenvalue weighted by atomic mass is 35.5. The van der Waals surface area contributed by atoms with Gasteiger partial charge < -0.3 is 28.4 Å². The smallest absolute Gasteiger partial charge is 0.343 e. The highest BCUT2D eigenvalue weighted by Crippen LogP contribution is 2.38. The standard InChI is InChI=1S/C36H34ClFN2O9S/c1-6-46-27-17-22(12-13-26(27)48-19-30(41)45-5)32-31(35(43)47-7-2)20(3)39-36-40(32)34(42)29(50-36)16-21-14-24(37)33(28(15-21)44-4)49-18-23-10-8-9-11-25(23)38/h8-17,32H,6-7,18-19H2,1-5H3/b29-16-/t32-/m0/s1. The number of nitrogens with zero attached hydrogens (tertiary/aromatic N) is 2. The Labute approximate surface area is 295 Å². The van der Waals surface area contributed by atoms with E-state index in [1.807, 2.05) is 0 Å². The van der Waals surface area contributed by atoms with Crippen LogP contribution in [0, 0.1) is 5.82 Å². The van der Waals surface area contributed by atoms with Crippen molar-refractivity contribution < 1.29 is 42.4 Å². The van der Waals surface area contributed by atoms with Crippen molar-refractivity contribution in [1.29, 1.82) is 0 Å². The summed E-state index contributed by atoms with van der Waals surface area (Å²) in [5.74, 6) is -0.535. The second-order valence-corrected chi connectivity index (χ2v) is 12.1. The molecule has 0 unspecified atom stereocenters. The molecule has 14 heteroatoms. The van der Waals surface area contributed by atoms with E-state index in [2.05, 4.69) is 9.73 Å². The molecule has 11 nitrogen and oxygen atoms in total. The van der Waals surface area contributed by atoms with Crippen LogP contribution in [0.4, 0.5) is 4.39 Å². The van der Waals surface area contributed by atoms with Gasteiger partial charge in [-0.2, -0.15) is 0 Å². The first-order valence-electron chi connectivity index (χ1n) is 15.5. The number of ether oxygens (including phenoxy) is 6. The topological polar surface area (TPSA) is 124 Å². The molecule has 2 heterocycles. The minimum atomic E-state index is -0.936. The second-order valence-electron chi connectivity index (χ2n) is 10.7. The minimum absolute atomic E-state index is 0.0771. The lowest BCUT2D eigenvalue weighted by Gasteiger charge is -2.25. The Morgan fingerprint density at radius 3 is 2.48 bits per heavy atom. The van der Waals surface area contributed by atoms with Gasteiger partial charge in [0.25, 0.3) is 5.56 Å². The molecule has 0 bridgehead atoms. The van der Waals surface area contributed by atoms with Crippen LogP contribution in [0.3, 0.4) is 0 Å². The number of esters is 2. The van der Waals surface area contributed by atoms with Gasteiger partial charge in [0.1, 0.15) is 12.4 Å². The average Bonchev–Trinajstić information content (AvgIpc) is 3.40. The number of carbonyl (C=O) groups excluding carboxylic acids is 2. The zero-order chi connectivity index (χ0) is 35.9. The first kappa shape index (κ1) is 36.1. The summed E-state index contributed by atoms with van der Waals surface area (Å²) in [5, 5.41) is 0.191. The van der Waals surface area contributed by atoms with Crippen molar-refractivity contribution in [3.63, 3.8) is 0 Å². The van der Waals surface area contributed by atoms with Crippen molar-refractivity contribution in [2.45, 2.75) is 33.4 Å². The molecule has 0 aliphatic carbocycles. The van der Waals surface area contributed by atoms with Crippen LogP contribution in [-0.2, 0) is 25.7 Å². The maximum Gasteiger partial charge on any atom is 0.343 e. The largest absolute Gasteiger partial charge is 0.493 e. The van der Waals surface area contributed by atoms with Crippen LogP contribution in [-0.4, -0.2) is 50.5 Å². The van der Waals surface area contributed by atoms with E-state index in [0.717, 1.165) is 11.3 Å². The molecule has 0 fully saturated rings. The minimum Gasteiger partial charge on any atom is -0.493 e. The first-order chi connectivity index (χ1) is 24.1. The van der Waals surface area contributed by atoms with Crippen LogP contribution < -0.4 is 33.8 Å². The van der Waals surface area contributed by atoms with Crippen LogP contribution >= 0.6 is 22.9 Å². The molecule has 1 aliphatic rings. The molecule has 1 aromatic heterocycles. The van der Waals surface area contributed by atoms with Crippen LogP contribution in [0.1, 0.15) is 43.5 Å². The normalized spacial score (nSPS) is 14.1. The number of carbonyl (C=O) groups is 2. The van der Waals surface area contributed by atoms with Crippen molar-refractivity contribution in [2.75, 3.05) is 34.0 Å². The summed E-state index contributed by atoms with van der Waals surface area (Å²) in [6.07, 6.45) is 1.63. The molecule has 3 aromatic carbocycles. The Bertz CT molecular complexity index is 2140. The molecule has 1 atom stereocenters. The summed E-state index contributed by atoms with van der Waals surface area (Å²) in [5.41, 5.74) is 1.53. The number of benzene rings is 3. The summed E-state index contributed by atoms with van der Waals surface area (Å²) >= 11 is 7.74. The summed E-state index contributed by atoms with van der Waals surface area (Å²) in [7, 11) is 2.70. The molecule has 0 saturated carbocycles. The number of aromatic nitrogens is 1. The SMILES string of the molecule is CCOC(=O)C1=C(C)N=c2s/c(=C\c3cc(Cl)c(OCc4ccccc4F)c(OC)c3)c(=O)n2[C@H]1c1ccc(OCC(=O)OC)c(OCC)c1. The second kappa shape index (κ2) is 16.0. The Kier molecular flexibility index (Phi) is 11.6. The van der Waals surface area contributed by atoms with Gasteiger partial charge in [-0.3, -0.25) is 9.36 Å². The van der Waals surface area contributed by atoms with E-state index in [0.29, 0.717) is 37.5 Å². The van der Waals surface area contributed by atoms with Crippen LogP contribution in [0.5, 0.6) is 23.0 Å². The average molecular weight is 725 g/mol. The highest BCUT2D eigenvalue weighted by Gasteiger charge is 2.34. The molecule has 5 rings (SSSR count). The number of hydrogen-bond donors (Lipinski definition) is 0. The molecule has 50 heavy (non-hydrogen) atoms. The van der Waals surface area contributed by atoms with Gasteiger partial charge in [-0.05, 0) is 68.3 Å². The summed E-state index contributed by atoms with van der Waals surface area (Å²) in [6.45, 7) is 5.13. The van der Waals surface area contributed by atoms with Crippen molar-refractivity contribution in [3.8, 4) is 23.0 Å². The van der Waals surface area contributed by atoms with Gasteiger partial charge in [0.05, 0.1) is 54.3 Å². The Hall–Kier alpha value is -5.14. The number of methoxy groups -OCH3 is 2. The number of rotatable bonds is 13. The summed E-state index contributed by atoms with van der Waals surface area (Å²) in [6, 6.07) is 13.5. The van der Waals surface area contributed by atoms with Gasteiger partial charge in [-0.25, -0.2) is 19.0 Å². The molecule has 0 N–H and O–H groups in total. The van der Waals surface area contributed by atoms with E-state index in [1.54, 1.807) is 75.4 Å². The predicted octanol–water partition coefficient (Wildman–Crippen LogP) is 5.13. The Morgan fingerprint density at radius 2 is 1.78 bits per heavy atom. The van der Waals surface area contributed by atoms with E-state index in [4.69, 9.17) is 35.3 Å². The molecular formula is C36H34ClFN2O9S. The molecule has 0 amide bonds. The van der Waals surface area contributed by atoms with Gasteiger partial charge in [0.15, 0.2) is 34.4 Å². The van der Waals surface area contributed by atoms with Crippen LogP contribution in [0.15, 0.2) is 75.7 Å². The van der Waals surface area contributed by atoms with Crippen molar-refractivity contribution in [3.05, 3.63) is 113 Å². The van der Waals surface area contributed by atoms with Crippen molar-refractivity contribution >= 4 is 41.0 Å². The van der Waals surface area contributed by atoms with Gasteiger partial charge >= 0.3 is 11.9 Å². The predicted molar refractivity (Wildman–Crippen MR) is 184 cm³/mol. The van der Waals surface area contributed by atoms with Crippen molar-refractivity contribution in [1.82, 2.24) is 4.57 Å². The Morgan fingerprint density at radius 1 is 1.00 bits per heavy atom. The summed E-state index contributed by atoms with van der Waals surface area (Å²) < 4.78 is 48.8. The molecule has 4 aromatic rings. The zero-order valence-electron chi connectivity index (χ0n) is 27.9. The quantitative estimate of drug-likeness (QED) is 0.173. The van der Waals surface area contributed by atoms with Gasteiger partial charge in [-0.1, -0.05) is 47.2 Å². The lowest BCUT2D eigenvalue weighted by molar-refractivity contribution is -0.143. The summed E-state index contributed by atoms with van der Waals surface area (Å²) in [4.78, 5) is 44.3. The van der Waals surface area contributed by atoms with E-state index >= 15 is 0 Å². The third-order valence-corrected chi connectivity index (χ3v) is 8.82. The van der Waals surface area contributed by atoms with Crippen molar-refractivity contribution in [2.24, 2.45) is 4.99 Å². The first-order valence-corrected chi connectivity index (χ1v) is 16.7. The van der Waals surface area contributed by atoms with E-state index in [-0.39, 0.29) is 54.3 Å².